The third-order valence-corrected chi connectivity index (χ3v) is 10.8. The van der Waals surface area contributed by atoms with Crippen LogP contribution in [0.4, 0.5) is 0 Å². The molecule has 0 N–H and O–H groups in total. The van der Waals surface area contributed by atoms with Gasteiger partial charge in [0, 0.05) is 0 Å². The summed E-state index contributed by atoms with van der Waals surface area (Å²) >= 11 is 0. The third-order valence-electron chi connectivity index (χ3n) is 4.42. The molecule has 0 aliphatic heterocycles. The fourth-order valence-electron chi connectivity index (χ4n) is 2.81. The van der Waals surface area contributed by atoms with Gasteiger partial charge < -0.3 is 0 Å². The van der Waals surface area contributed by atoms with Crippen LogP contribution in [0.1, 0.15) is 60.8 Å². The molecule has 0 amide bonds. The summed E-state index contributed by atoms with van der Waals surface area (Å²) < 4.78 is 4.39. The van der Waals surface area contributed by atoms with Crippen molar-refractivity contribution in [2.45, 2.75) is 77.4 Å². The second-order valence-electron chi connectivity index (χ2n) is 5.00. The van der Waals surface area contributed by atoms with Crippen molar-refractivity contribution in [3.8, 4) is 0 Å². The zero-order valence-electron chi connectivity index (χ0n) is 11.7. The minimum Gasteiger partial charge on any atom is -0.123 e. The van der Waals surface area contributed by atoms with Gasteiger partial charge in [-0.25, -0.2) is 0 Å². The Morgan fingerprint density at radius 3 is 1.44 bits per heavy atom. The second kappa shape index (κ2) is 6.97. The maximum absolute atomic E-state index is 8.93. The molecule has 3 atom stereocenters. The smallest absolute Gasteiger partial charge is 0.123 e. The van der Waals surface area contributed by atoms with Gasteiger partial charge in [0.2, 0.25) is 0 Å². The Morgan fingerprint density at radius 2 is 1.25 bits per heavy atom. The Morgan fingerprint density at radius 1 is 0.938 bits per heavy atom. The first-order valence-electron chi connectivity index (χ1n) is 6.57. The largest absolute Gasteiger partial charge is 0.164 e. The fraction of sp³-hybridized carbons (Fsp3) is 1.00. The molecule has 0 heterocycles. The topological polar surface area (TPSA) is 48.8 Å². The lowest BCUT2D eigenvalue weighted by molar-refractivity contribution is 0.682. The summed E-state index contributed by atoms with van der Waals surface area (Å²) in [5.74, 6) is 0. The van der Waals surface area contributed by atoms with Gasteiger partial charge in [0.1, 0.15) is 0 Å². The maximum atomic E-state index is 8.93. The highest BCUT2D eigenvalue weighted by Gasteiger charge is 2.45. The molecule has 0 saturated heterocycles. The van der Waals surface area contributed by atoms with Gasteiger partial charge in [0.25, 0.3) is 0 Å². The molecular formula is C12H27N3Si. The molecule has 0 bridgehead atoms. The van der Waals surface area contributed by atoms with Gasteiger partial charge in [-0.05, 0) is 27.1 Å². The minimum atomic E-state index is -1.90. The van der Waals surface area contributed by atoms with Crippen LogP contribution >= 0.6 is 0 Å². The first-order chi connectivity index (χ1) is 7.50. The van der Waals surface area contributed by atoms with Crippen LogP contribution in [-0.4, -0.2) is 8.24 Å². The highest BCUT2D eigenvalue weighted by molar-refractivity contribution is 6.82. The minimum absolute atomic E-state index is 0.577. The van der Waals surface area contributed by atoms with Crippen LogP contribution in [0, 0.1) is 0 Å². The molecule has 94 valence electrons. The van der Waals surface area contributed by atoms with E-state index in [1.807, 2.05) is 0 Å². The number of hydrogen-bond acceptors (Lipinski definition) is 1. The van der Waals surface area contributed by atoms with Gasteiger partial charge in [-0.3, -0.25) is 0 Å². The lowest BCUT2D eigenvalue weighted by Gasteiger charge is -2.41. The molecule has 0 fully saturated rings. The molecular weight excluding hydrogens is 214 g/mol. The number of rotatable bonds is 7. The number of azide groups is 1. The Labute approximate surface area is 101 Å². The van der Waals surface area contributed by atoms with E-state index in [0.29, 0.717) is 16.6 Å². The van der Waals surface area contributed by atoms with Crippen LogP contribution in [0.2, 0.25) is 16.6 Å². The molecule has 16 heavy (non-hydrogen) atoms. The van der Waals surface area contributed by atoms with E-state index in [1.165, 1.54) is 0 Å². The zero-order valence-corrected chi connectivity index (χ0v) is 12.7. The van der Waals surface area contributed by atoms with Crippen molar-refractivity contribution in [1.29, 1.82) is 0 Å². The summed E-state index contributed by atoms with van der Waals surface area (Å²) in [6.45, 7) is 13.5. The molecule has 3 unspecified atom stereocenters. The maximum Gasteiger partial charge on any atom is 0.164 e. The predicted octanol–water partition coefficient (Wildman–Crippen LogP) is 5.64. The van der Waals surface area contributed by atoms with E-state index < -0.39 is 8.24 Å². The van der Waals surface area contributed by atoms with Gasteiger partial charge in [-0.2, -0.15) is 0 Å². The second-order valence-corrected chi connectivity index (χ2v) is 9.94. The van der Waals surface area contributed by atoms with E-state index >= 15 is 0 Å². The Bertz CT molecular complexity index is 222. The van der Waals surface area contributed by atoms with Crippen molar-refractivity contribution >= 4 is 8.24 Å². The Hall–Kier alpha value is -0.473. The van der Waals surface area contributed by atoms with E-state index in [1.54, 1.807) is 0 Å². The van der Waals surface area contributed by atoms with Gasteiger partial charge in [0.15, 0.2) is 8.24 Å². The SMILES string of the molecule is CCC(C)[Si](N=[N+]=[N-])(C(C)CC)C(C)CC. The van der Waals surface area contributed by atoms with Crippen LogP contribution in [0.25, 0.3) is 10.4 Å². The molecule has 0 aromatic rings. The summed E-state index contributed by atoms with van der Waals surface area (Å²) in [6.07, 6.45) is 3.37. The Balaban J connectivity index is 5.46. The number of nitrogens with zero attached hydrogens (tertiary/aromatic N) is 3. The lowest BCUT2D eigenvalue weighted by Crippen LogP contribution is -2.44. The molecule has 0 aromatic heterocycles. The van der Waals surface area contributed by atoms with Crippen molar-refractivity contribution < 1.29 is 0 Å². The first-order valence-corrected chi connectivity index (χ1v) is 8.75. The highest BCUT2D eigenvalue weighted by atomic mass is 28.3. The summed E-state index contributed by atoms with van der Waals surface area (Å²) in [6, 6.07) is 0. The van der Waals surface area contributed by atoms with E-state index in [-0.39, 0.29) is 0 Å². The molecule has 0 saturated carbocycles. The van der Waals surface area contributed by atoms with E-state index in [0.717, 1.165) is 19.3 Å². The van der Waals surface area contributed by atoms with Crippen molar-refractivity contribution in [1.82, 2.24) is 0 Å². The summed E-state index contributed by atoms with van der Waals surface area (Å²) in [5, 5.41) is 0. The van der Waals surface area contributed by atoms with Crippen molar-refractivity contribution in [2.24, 2.45) is 4.78 Å². The zero-order chi connectivity index (χ0) is 12.8. The van der Waals surface area contributed by atoms with E-state index in [9.17, 15) is 0 Å². The summed E-state index contributed by atoms with van der Waals surface area (Å²) in [4.78, 5) is 3.20. The monoisotopic (exact) mass is 241 g/mol. The molecule has 0 aliphatic carbocycles. The lowest BCUT2D eigenvalue weighted by atomic mass is 10.3. The standard InChI is InChI=1S/C12H27N3Si/c1-7-10(4)16(15-14-13,11(5)8-2)12(6)9-3/h10-12H,7-9H2,1-6H3. The van der Waals surface area contributed by atoms with Crippen LogP contribution in [0.3, 0.4) is 0 Å². The summed E-state index contributed by atoms with van der Waals surface area (Å²) in [5.41, 5.74) is 10.7. The summed E-state index contributed by atoms with van der Waals surface area (Å²) in [7, 11) is -1.90. The van der Waals surface area contributed by atoms with Crippen molar-refractivity contribution in [3.05, 3.63) is 10.4 Å². The van der Waals surface area contributed by atoms with Crippen LogP contribution in [0.5, 0.6) is 0 Å². The van der Waals surface area contributed by atoms with Gasteiger partial charge in [-0.1, -0.05) is 60.8 Å². The predicted molar refractivity (Wildman–Crippen MR) is 74.0 cm³/mol. The normalized spacial score (nSPS) is 20.4. The molecule has 3 nitrogen and oxygen atoms in total. The molecule has 0 rings (SSSR count). The van der Waals surface area contributed by atoms with Gasteiger partial charge in [0.05, 0.1) is 0 Å². The Kier molecular flexibility index (Phi) is 6.76. The quantitative estimate of drug-likeness (QED) is 0.239. The van der Waals surface area contributed by atoms with Crippen molar-refractivity contribution in [3.63, 3.8) is 0 Å². The van der Waals surface area contributed by atoms with Crippen molar-refractivity contribution in [2.75, 3.05) is 0 Å². The van der Waals surface area contributed by atoms with Crippen LogP contribution in [-0.2, 0) is 0 Å². The third kappa shape index (κ3) is 2.80. The molecule has 0 spiro atoms. The van der Waals surface area contributed by atoms with Gasteiger partial charge >= 0.3 is 0 Å². The number of hydrogen-bond donors (Lipinski definition) is 0. The molecule has 0 aromatic carbocycles. The van der Waals surface area contributed by atoms with E-state index in [2.05, 4.69) is 51.2 Å². The fourth-order valence-corrected chi connectivity index (χ4v) is 8.43. The van der Waals surface area contributed by atoms with E-state index in [4.69, 9.17) is 5.53 Å². The van der Waals surface area contributed by atoms with Crippen LogP contribution in [0.15, 0.2) is 4.78 Å². The molecule has 0 aliphatic rings. The first kappa shape index (κ1) is 15.5. The molecule has 0 radical (unpaired) electrons. The van der Waals surface area contributed by atoms with Crippen LogP contribution < -0.4 is 0 Å². The average molecular weight is 241 g/mol. The van der Waals surface area contributed by atoms with Gasteiger partial charge in [-0.15, -0.1) is 4.78 Å². The highest BCUT2D eigenvalue weighted by Crippen LogP contribution is 2.47. The molecule has 4 heteroatoms. The average Bonchev–Trinajstić information content (AvgIpc) is 2.32.